The molecule has 0 aliphatic rings. The first-order valence-corrected chi connectivity index (χ1v) is 3.25. The van der Waals surface area contributed by atoms with Crippen LogP contribution in [0.4, 0.5) is 0 Å². The highest BCUT2D eigenvalue weighted by molar-refractivity contribution is 5.65. The Morgan fingerprint density at radius 2 is 2.27 bits per heavy atom. The Bertz CT molecular complexity index is 272. The summed E-state index contributed by atoms with van der Waals surface area (Å²) in [5, 5.41) is 0. The molecule has 0 radical (unpaired) electrons. The number of carbonyl (C=O) groups is 1. The molecule has 1 aromatic carbocycles. The van der Waals surface area contributed by atoms with Crippen LogP contribution in [0.15, 0.2) is 30.3 Å². The molecule has 0 aromatic heterocycles. The lowest BCUT2D eigenvalue weighted by molar-refractivity contribution is -0.142. The van der Waals surface area contributed by atoms with Gasteiger partial charge in [0.2, 0.25) is 0 Å². The molecule has 58 valence electrons. The first kappa shape index (κ1) is 5.35. The Balaban J connectivity index is 2.40. The van der Waals surface area contributed by atoms with Gasteiger partial charge >= 0.3 is 5.97 Å². The van der Waals surface area contributed by atoms with Gasteiger partial charge in [-0.3, -0.25) is 4.79 Å². The highest BCUT2D eigenvalue weighted by Crippen LogP contribution is 1.99. The molecule has 2 heteroatoms. The van der Waals surface area contributed by atoms with E-state index in [4.69, 9.17) is 2.74 Å². The predicted octanol–water partition coefficient (Wildman–Crippen LogP) is 1.75. The van der Waals surface area contributed by atoms with E-state index >= 15 is 0 Å². The molecule has 0 N–H and O–H groups in total. The van der Waals surface area contributed by atoms with E-state index in [0.29, 0.717) is 0 Å². The number of rotatable bonds is 2. The van der Waals surface area contributed by atoms with Crippen LogP contribution in [0.3, 0.4) is 0 Å². The van der Waals surface area contributed by atoms with Gasteiger partial charge in [-0.1, -0.05) is 30.3 Å². The molecule has 0 amide bonds. The zero-order valence-corrected chi connectivity index (χ0v) is 5.99. The Morgan fingerprint density at radius 1 is 1.55 bits per heavy atom. The largest absolute Gasteiger partial charge is 0.461 e. The first-order chi connectivity index (χ1) is 6.20. The topological polar surface area (TPSA) is 26.3 Å². The van der Waals surface area contributed by atoms with Crippen molar-refractivity contribution in [3.05, 3.63) is 35.9 Å². The molecule has 0 saturated heterocycles. The molecule has 0 aliphatic heterocycles. The predicted molar refractivity (Wildman–Crippen MR) is 41.9 cm³/mol. The summed E-state index contributed by atoms with van der Waals surface area (Å²) >= 11 is 0. The standard InChI is InChI=1S/C9H10O2/c1-8(10)11-7-9-5-3-2-4-6-9/h2-6H,7H2,1H3/i1D2. The van der Waals surface area contributed by atoms with Crippen LogP contribution in [-0.2, 0) is 16.1 Å². The van der Waals surface area contributed by atoms with E-state index in [9.17, 15) is 4.79 Å². The summed E-state index contributed by atoms with van der Waals surface area (Å²) in [7, 11) is 0. The third-order valence-corrected chi connectivity index (χ3v) is 1.22. The lowest BCUT2D eigenvalue weighted by Crippen LogP contribution is -1.97. The van der Waals surface area contributed by atoms with Crippen LogP contribution < -0.4 is 0 Å². The molecule has 0 bridgehead atoms. The van der Waals surface area contributed by atoms with Gasteiger partial charge in [0.05, 0.1) is 0 Å². The fourth-order valence-corrected chi connectivity index (χ4v) is 0.729. The van der Waals surface area contributed by atoms with Crippen LogP contribution in [0.5, 0.6) is 0 Å². The van der Waals surface area contributed by atoms with Crippen molar-refractivity contribution in [2.75, 3.05) is 0 Å². The fourth-order valence-electron chi connectivity index (χ4n) is 0.729. The minimum atomic E-state index is -1.55. The molecule has 0 aliphatic carbocycles. The van der Waals surface area contributed by atoms with Gasteiger partial charge in [0.25, 0.3) is 0 Å². The van der Waals surface area contributed by atoms with E-state index in [-0.39, 0.29) is 6.61 Å². The molecule has 0 fully saturated rings. The van der Waals surface area contributed by atoms with Gasteiger partial charge < -0.3 is 4.74 Å². The molecule has 0 saturated carbocycles. The van der Waals surface area contributed by atoms with Crippen LogP contribution in [-0.4, -0.2) is 5.97 Å². The van der Waals surface area contributed by atoms with Crippen molar-refractivity contribution >= 4 is 5.97 Å². The quantitative estimate of drug-likeness (QED) is 0.603. The van der Waals surface area contributed by atoms with Crippen LogP contribution in [0, 0.1) is 0 Å². The maximum atomic E-state index is 10.7. The maximum absolute atomic E-state index is 10.7. The zero-order chi connectivity index (χ0) is 9.68. The minimum absolute atomic E-state index is 0.133. The van der Waals surface area contributed by atoms with Crippen molar-refractivity contribution in [3.63, 3.8) is 0 Å². The van der Waals surface area contributed by atoms with Gasteiger partial charge in [0, 0.05) is 9.62 Å². The summed E-state index contributed by atoms with van der Waals surface area (Å²) in [6.07, 6.45) is 0. The zero-order valence-electron chi connectivity index (χ0n) is 7.99. The van der Waals surface area contributed by atoms with Gasteiger partial charge in [-0.05, 0) is 5.56 Å². The molecule has 1 aromatic rings. The fraction of sp³-hybridized carbons (Fsp3) is 0.222. The number of hydrogen-bond donors (Lipinski definition) is 0. The SMILES string of the molecule is [2H]C([2H])C(=O)OCc1ccccc1. The number of hydrogen-bond acceptors (Lipinski definition) is 2. The first-order valence-electron chi connectivity index (χ1n) is 4.40. The van der Waals surface area contributed by atoms with Crippen LogP contribution in [0.1, 0.15) is 15.2 Å². The summed E-state index contributed by atoms with van der Waals surface area (Å²) < 4.78 is 18.2. The molecule has 0 atom stereocenters. The average Bonchev–Trinajstić information content (AvgIpc) is 2.15. The Labute approximate surface area is 68.6 Å². The monoisotopic (exact) mass is 152 g/mol. The molecule has 0 spiro atoms. The highest BCUT2D eigenvalue weighted by Gasteiger charge is 1.93. The van der Waals surface area contributed by atoms with Crippen molar-refractivity contribution in [1.29, 1.82) is 0 Å². The summed E-state index contributed by atoms with van der Waals surface area (Å²) in [5.74, 6) is -0.816. The Morgan fingerprint density at radius 3 is 2.91 bits per heavy atom. The third kappa shape index (κ3) is 2.85. The van der Waals surface area contributed by atoms with Gasteiger partial charge in [-0.15, -0.1) is 0 Å². The van der Waals surface area contributed by atoms with Crippen LogP contribution in [0.25, 0.3) is 0 Å². The third-order valence-electron chi connectivity index (χ3n) is 1.22. The molecule has 2 nitrogen and oxygen atoms in total. The van der Waals surface area contributed by atoms with E-state index in [1.807, 2.05) is 30.3 Å². The smallest absolute Gasteiger partial charge is 0.302 e. The summed E-state index contributed by atoms with van der Waals surface area (Å²) in [6, 6.07) is 9.17. The lowest BCUT2D eigenvalue weighted by atomic mass is 10.2. The molecule has 11 heavy (non-hydrogen) atoms. The maximum Gasteiger partial charge on any atom is 0.302 e. The molecular weight excluding hydrogens is 140 g/mol. The van der Waals surface area contributed by atoms with Gasteiger partial charge in [0.15, 0.2) is 0 Å². The lowest BCUT2D eigenvalue weighted by Gasteiger charge is -1.99. The van der Waals surface area contributed by atoms with E-state index in [1.165, 1.54) is 0 Å². The number of carbonyl (C=O) groups excluding carboxylic acids is 1. The number of esters is 1. The second-order valence-corrected chi connectivity index (χ2v) is 2.09. The van der Waals surface area contributed by atoms with Crippen LogP contribution in [0.2, 0.25) is 0 Å². The van der Waals surface area contributed by atoms with E-state index in [2.05, 4.69) is 4.74 Å². The van der Waals surface area contributed by atoms with Gasteiger partial charge in [-0.2, -0.15) is 0 Å². The summed E-state index contributed by atoms with van der Waals surface area (Å²) in [6.45, 7) is -1.42. The normalized spacial score (nSPS) is 12.1. The van der Waals surface area contributed by atoms with Crippen molar-refractivity contribution < 1.29 is 12.3 Å². The molecular formula is C9H10O2. The summed E-state index contributed by atoms with van der Waals surface area (Å²) in [5.41, 5.74) is 0.858. The molecule has 0 heterocycles. The van der Waals surface area contributed by atoms with Gasteiger partial charge in [0.1, 0.15) is 6.61 Å². The number of benzene rings is 1. The van der Waals surface area contributed by atoms with E-state index < -0.39 is 12.8 Å². The van der Waals surface area contributed by atoms with Gasteiger partial charge in [-0.25, -0.2) is 0 Å². The van der Waals surface area contributed by atoms with E-state index in [0.717, 1.165) is 5.56 Å². The summed E-state index contributed by atoms with van der Waals surface area (Å²) in [4.78, 5) is 10.7. The average molecular weight is 152 g/mol. The second kappa shape index (κ2) is 3.76. The minimum Gasteiger partial charge on any atom is -0.461 e. The van der Waals surface area contributed by atoms with Crippen LogP contribution >= 0.6 is 0 Å². The second-order valence-electron chi connectivity index (χ2n) is 2.09. The van der Waals surface area contributed by atoms with Crippen molar-refractivity contribution in [2.45, 2.75) is 13.5 Å². The molecule has 0 unspecified atom stereocenters. The Kier molecular flexibility index (Phi) is 1.83. The van der Waals surface area contributed by atoms with Crippen molar-refractivity contribution in [1.82, 2.24) is 0 Å². The molecule has 1 rings (SSSR count). The Hall–Kier alpha value is -1.31. The van der Waals surface area contributed by atoms with Crippen molar-refractivity contribution in [3.8, 4) is 0 Å². The highest BCUT2D eigenvalue weighted by atomic mass is 16.5. The van der Waals surface area contributed by atoms with Crippen molar-refractivity contribution in [2.24, 2.45) is 0 Å². The van der Waals surface area contributed by atoms with E-state index in [1.54, 1.807) is 0 Å². The number of ether oxygens (including phenoxy) is 1.